The van der Waals surface area contributed by atoms with Crippen LogP contribution >= 0.6 is 23.2 Å². The summed E-state index contributed by atoms with van der Waals surface area (Å²) in [5, 5.41) is 20.2. The summed E-state index contributed by atoms with van der Waals surface area (Å²) < 4.78 is 22.8. The molecule has 8 fully saturated rings. The first-order valence-electron chi connectivity index (χ1n) is 9.72. The van der Waals surface area contributed by atoms with Crippen LogP contribution in [-0.2, 0) is 11.4 Å². The van der Waals surface area contributed by atoms with E-state index in [1.54, 1.807) is 0 Å². The molecule has 0 amide bonds. The van der Waals surface area contributed by atoms with Crippen molar-refractivity contribution in [2.24, 2.45) is 47.3 Å². The van der Waals surface area contributed by atoms with E-state index in [9.17, 15) is 10.2 Å². The van der Waals surface area contributed by atoms with Gasteiger partial charge in [-0.3, -0.25) is 9.11 Å². The van der Waals surface area contributed by atoms with E-state index in [4.69, 9.17) is 36.5 Å². The topological polar surface area (TPSA) is 98.0 Å². The zero-order valence-electron chi connectivity index (χ0n) is 14.5. The predicted octanol–water partition coefficient (Wildman–Crippen LogP) is 2.94. The van der Waals surface area contributed by atoms with E-state index in [0.29, 0.717) is 34.4 Å². The monoisotopic (exact) mass is 426 g/mol. The van der Waals surface area contributed by atoms with Gasteiger partial charge in [0.25, 0.3) is 11.4 Å². The molecule has 12 atom stereocenters. The molecule has 0 saturated heterocycles. The second kappa shape index (κ2) is 7.43. The van der Waals surface area contributed by atoms with Gasteiger partial charge in [-0.25, -0.2) is 0 Å². The normalized spacial score (nSPS) is 57.2. The third kappa shape index (κ3) is 3.27. The van der Waals surface area contributed by atoms with Gasteiger partial charge in [-0.15, -0.1) is 23.2 Å². The molecule has 150 valence electrons. The van der Waals surface area contributed by atoms with Crippen LogP contribution in [0.5, 0.6) is 0 Å². The Morgan fingerprint density at radius 2 is 0.885 bits per heavy atom. The number of rotatable bonds is 0. The standard InChI is InChI=1S/2C9H13ClO.H2O3S/c2*10-8-5-1-4-2-6(3-5)9(11)7(4)8;1-4(2)3/h2*4-9,11H,1-3H2;(H2,1,2,3). The van der Waals surface area contributed by atoms with Gasteiger partial charge in [-0.1, -0.05) is 0 Å². The molecule has 0 aliphatic heterocycles. The lowest BCUT2D eigenvalue weighted by Crippen LogP contribution is -2.35. The maximum absolute atomic E-state index is 9.79. The highest BCUT2D eigenvalue weighted by atomic mass is 35.5. The molecule has 12 unspecified atom stereocenters. The highest BCUT2D eigenvalue weighted by Crippen LogP contribution is 2.60. The van der Waals surface area contributed by atoms with Crippen LogP contribution < -0.4 is 0 Å². The van der Waals surface area contributed by atoms with Crippen LogP contribution in [0.2, 0.25) is 0 Å². The molecule has 5 nitrogen and oxygen atoms in total. The molecule has 4 N–H and O–H groups in total. The zero-order chi connectivity index (χ0) is 18.7. The van der Waals surface area contributed by atoms with Crippen molar-refractivity contribution < 1.29 is 23.5 Å². The van der Waals surface area contributed by atoms with Crippen molar-refractivity contribution in [3.63, 3.8) is 0 Å². The molecule has 8 aliphatic carbocycles. The third-order valence-electron chi connectivity index (χ3n) is 8.11. The summed E-state index contributed by atoms with van der Waals surface area (Å²) in [6.07, 6.45) is 7.39. The summed E-state index contributed by atoms with van der Waals surface area (Å²) in [5.74, 6) is 5.17. The number of hydrogen-bond donors (Lipinski definition) is 4. The molecule has 0 radical (unpaired) electrons. The summed E-state index contributed by atoms with van der Waals surface area (Å²) in [5.41, 5.74) is 0. The molecule has 26 heavy (non-hydrogen) atoms. The summed E-state index contributed by atoms with van der Waals surface area (Å²) >= 11 is 9.86. The first-order valence-corrected chi connectivity index (χ1v) is 11.7. The van der Waals surface area contributed by atoms with Crippen molar-refractivity contribution in [3.05, 3.63) is 0 Å². The van der Waals surface area contributed by atoms with Crippen molar-refractivity contribution in [2.45, 2.75) is 61.5 Å². The molecule has 0 aromatic rings. The van der Waals surface area contributed by atoms with E-state index in [-0.39, 0.29) is 12.2 Å². The number of halogens is 2. The molecule has 8 aliphatic rings. The molecular formula is C18H28Cl2O5S. The first-order chi connectivity index (χ1) is 12.3. The highest BCUT2D eigenvalue weighted by molar-refractivity contribution is 7.73. The summed E-state index contributed by atoms with van der Waals surface area (Å²) in [4.78, 5) is 0. The Bertz CT molecular complexity index is 478. The van der Waals surface area contributed by atoms with E-state index >= 15 is 0 Å². The van der Waals surface area contributed by atoms with Gasteiger partial charge < -0.3 is 10.2 Å². The van der Waals surface area contributed by atoms with E-state index in [2.05, 4.69) is 0 Å². The zero-order valence-corrected chi connectivity index (χ0v) is 16.9. The van der Waals surface area contributed by atoms with Gasteiger partial charge >= 0.3 is 0 Å². The minimum Gasteiger partial charge on any atom is -0.392 e. The Labute approximate surface area is 166 Å². The number of aliphatic hydroxyl groups excluding tert-OH is 2. The van der Waals surface area contributed by atoms with Crippen LogP contribution in [0.4, 0.5) is 0 Å². The quantitative estimate of drug-likeness (QED) is 0.352. The minimum atomic E-state index is -2.61. The SMILES string of the molecule is O=S(O)O.OC1C2CC3CC(C2)C1C3Cl.OC1C2CC3CC(C2)C1C3Cl. The summed E-state index contributed by atoms with van der Waals surface area (Å²) in [7, 11) is 0. The maximum Gasteiger partial charge on any atom is 0.299 e. The van der Waals surface area contributed by atoms with Crippen molar-refractivity contribution in [1.29, 1.82) is 0 Å². The lowest BCUT2D eigenvalue weighted by molar-refractivity contribution is 0.0554. The van der Waals surface area contributed by atoms with Crippen molar-refractivity contribution >= 4 is 34.6 Å². The highest BCUT2D eigenvalue weighted by Gasteiger charge is 2.59. The fourth-order valence-corrected chi connectivity index (χ4v) is 8.45. The Kier molecular flexibility index (Phi) is 5.68. The van der Waals surface area contributed by atoms with Crippen LogP contribution in [0, 0.1) is 47.3 Å². The van der Waals surface area contributed by atoms with Gasteiger partial charge in [0.15, 0.2) is 0 Å². The van der Waals surface area contributed by atoms with E-state index in [0.717, 1.165) is 23.7 Å². The summed E-state index contributed by atoms with van der Waals surface area (Å²) in [6, 6.07) is 0. The average Bonchev–Trinajstić information content (AvgIpc) is 3.12. The van der Waals surface area contributed by atoms with E-state index in [1.165, 1.54) is 38.5 Å². The van der Waals surface area contributed by atoms with E-state index < -0.39 is 11.4 Å². The first kappa shape index (κ1) is 19.9. The third-order valence-corrected chi connectivity index (χ3v) is 9.41. The largest absolute Gasteiger partial charge is 0.392 e. The Balaban J connectivity index is 0.000000108. The average molecular weight is 427 g/mol. The second-order valence-electron chi connectivity index (χ2n) is 9.23. The molecule has 8 bridgehead atoms. The van der Waals surface area contributed by atoms with Crippen LogP contribution in [0.15, 0.2) is 0 Å². The number of aliphatic hydroxyl groups is 2. The van der Waals surface area contributed by atoms with Gasteiger partial charge in [0.2, 0.25) is 0 Å². The fourth-order valence-electron chi connectivity index (χ4n) is 7.33. The van der Waals surface area contributed by atoms with Gasteiger partial charge in [0.05, 0.1) is 12.2 Å². The predicted molar refractivity (Wildman–Crippen MR) is 100 cm³/mol. The van der Waals surface area contributed by atoms with Crippen LogP contribution in [0.3, 0.4) is 0 Å². The fraction of sp³-hybridized carbons (Fsp3) is 1.00. The van der Waals surface area contributed by atoms with Crippen LogP contribution in [0.25, 0.3) is 0 Å². The Hall–Kier alpha value is 0.570. The molecular weight excluding hydrogens is 399 g/mol. The lowest BCUT2D eigenvalue weighted by Gasteiger charge is -2.32. The van der Waals surface area contributed by atoms with Crippen molar-refractivity contribution in [2.75, 3.05) is 0 Å². The minimum absolute atomic E-state index is 0.0544. The summed E-state index contributed by atoms with van der Waals surface area (Å²) in [6.45, 7) is 0. The van der Waals surface area contributed by atoms with Gasteiger partial charge in [0.1, 0.15) is 0 Å². The Morgan fingerprint density at radius 3 is 1.19 bits per heavy atom. The lowest BCUT2D eigenvalue weighted by atomic mass is 9.80. The molecule has 0 spiro atoms. The number of hydrogen-bond acceptors (Lipinski definition) is 3. The van der Waals surface area contributed by atoms with Gasteiger partial charge in [-0.05, 0) is 74.0 Å². The number of alkyl halides is 2. The van der Waals surface area contributed by atoms with Crippen molar-refractivity contribution in [1.82, 2.24) is 0 Å². The molecule has 8 rings (SSSR count). The molecule has 0 aromatic heterocycles. The van der Waals surface area contributed by atoms with E-state index in [1.807, 2.05) is 0 Å². The van der Waals surface area contributed by atoms with Crippen LogP contribution in [-0.4, -0.2) is 46.5 Å². The van der Waals surface area contributed by atoms with Crippen molar-refractivity contribution in [3.8, 4) is 0 Å². The van der Waals surface area contributed by atoms with Crippen LogP contribution in [0.1, 0.15) is 38.5 Å². The maximum atomic E-state index is 9.79. The smallest absolute Gasteiger partial charge is 0.299 e. The molecule has 8 saturated carbocycles. The van der Waals surface area contributed by atoms with Gasteiger partial charge in [0, 0.05) is 22.6 Å². The Morgan fingerprint density at radius 1 is 0.615 bits per heavy atom. The van der Waals surface area contributed by atoms with Gasteiger partial charge in [-0.2, -0.15) is 4.21 Å². The second-order valence-corrected chi connectivity index (χ2v) is 10.7. The molecule has 0 aromatic carbocycles. The molecule has 8 heteroatoms. The molecule has 0 heterocycles.